The lowest BCUT2D eigenvalue weighted by Crippen LogP contribution is -2.00. The first-order valence-electron chi connectivity index (χ1n) is 13.7. The van der Waals surface area contributed by atoms with Crippen LogP contribution in [0.3, 0.4) is 0 Å². The van der Waals surface area contributed by atoms with Crippen molar-refractivity contribution in [2.45, 2.75) is 0 Å². The molecular weight excluding hydrogens is 516 g/mol. The van der Waals surface area contributed by atoms with Gasteiger partial charge in [-0.15, -0.1) is 0 Å². The molecule has 0 aliphatic rings. The van der Waals surface area contributed by atoms with Gasteiger partial charge in [0.1, 0.15) is 0 Å². The Morgan fingerprint density at radius 1 is 0.357 bits per heavy atom. The molecule has 0 unspecified atom stereocenters. The second kappa shape index (κ2) is 9.94. The molecular formula is C36H22N6. The van der Waals surface area contributed by atoms with E-state index in [-0.39, 0.29) is 0 Å². The van der Waals surface area contributed by atoms with Gasteiger partial charge in [-0.25, -0.2) is 15.0 Å². The van der Waals surface area contributed by atoms with Crippen molar-refractivity contribution in [3.05, 3.63) is 134 Å². The van der Waals surface area contributed by atoms with Gasteiger partial charge in [0.25, 0.3) is 0 Å². The third-order valence-electron chi connectivity index (χ3n) is 7.46. The molecule has 0 radical (unpaired) electrons. The topological polar surface area (TPSA) is 77.3 Å². The third kappa shape index (κ3) is 4.32. The van der Waals surface area contributed by atoms with Crippen molar-refractivity contribution in [3.8, 4) is 45.3 Å². The van der Waals surface area contributed by atoms with E-state index >= 15 is 0 Å². The largest absolute Gasteiger partial charge is 0.256 e. The van der Waals surface area contributed by atoms with Crippen molar-refractivity contribution in [2.24, 2.45) is 0 Å². The van der Waals surface area contributed by atoms with Gasteiger partial charge >= 0.3 is 0 Å². The Morgan fingerprint density at radius 3 is 1.81 bits per heavy atom. The fourth-order valence-electron chi connectivity index (χ4n) is 5.33. The number of benzene rings is 4. The Balaban J connectivity index is 1.27. The highest BCUT2D eigenvalue weighted by Crippen LogP contribution is 2.31. The van der Waals surface area contributed by atoms with Gasteiger partial charge < -0.3 is 0 Å². The number of para-hydroxylation sites is 1. The summed E-state index contributed by atoms with van der Waals surface area (Å²) >= 11 is 0. The van der Waals surface area contributed by atoms with Crippen LogP contribution < -0.4 is 0 Å². The van der Waals surface area contributed by atoms with Gasteiger partial charge in [-0.1, -0.05) is 66.7 Å². The Kier molecular flexibility index (Phi) is 5.67. The molecule has 196 valence electrons. The van der Waals surface area contributed by atoms with E-state index in [1.807, 2.05) is 72.9 Å². The highest BCUT2D eigenvalue weighted by molar-refractivity contribution is 5.94. The molecule has 0 spiro atoms. The smallest absolute Gasteiger partial charge is 0.164 e. The average molecular weight is 539 g/mol. The molecule has 0 bridgehead atoms. The third-order valence-corrected chi connectivity index (χ3v) is 7.46. The zero-order valence-electron chi connectivity index (χ0n) is 22.4. The zero-order chi connectivity index (χ0) is 27.9. The van der Waals surface area contributed by atoms with Crippen molar-refractivity contribution in [2.75, 3.05) is 0 Å². The molecule has 8 aromatic rings. The Bertz CT molecular complexity index is 2160. The first kappa shape index (κ1) is 24.0. The Morgan fingerprint density at radius 2 is 0.976 bits per heavy atom. The summed E-state index contributed by atoms with van der Waals surface area (Å²) < 4.78 is 0. The van der Waals surface area contributed by atoms with E-state index in [9.17, 15) is 0 Å². The quantitative estimate of drug-likeness (QED) is 0.225. The fourth-order valence-corrected chi connectivity index (χ4v) is 5.33. The van der Waals surface area contributed by atoms with Crippen LogP contribution in [-0.4, -0.2) is 29.9 Å². The minimum Gasteiger partial charge on any atom is -0.256 e. The number of fused-ring (bicyclic) bond motifs is 3. The monoisotopic (exact) mass is 538 g/mol. The standard InChI is InChI=1S/C36H22N6/c1-2-8-32-30(7-1)29(17-20-39-32)23-9-12-25(13-10-23)34-40-35(27-15-16-31-26(21-27)6-4-18-37-31)42-36(41-34)28-14-11-24-5-3-19-38-33(24)22-28/h1-22H. The number of rotatable bonds is 4. The molecule has 0 aliphatic heterocycles. The van der Waals surface area contributed by atoms with Crippen LogP contribution in [0.5, 0.6) is 0 Å². The van der Waals surface area contributed by atoms with Crippen LogP contribution >= 0.6 is 0 Å². The SMILES string of the molecule is c1cnc2ccc(-c3nc(-c4ccc(-c5ccnc6ccccc56)cc4)nc(-c4ccc5cccnc5c4)n3)cc2c1. The lowest BCUT2D eigenvalue weighted by molar-refractivity contribution is 1.07. The molecule has 0 saturated heterocycles. The maximum atomic E-state index is 4.95. The normalized spacial score (nSPS) is 11.3. The zero-order valence-corrected chi connectivity index (χ0v) is 22.4. The maximum Gasteiger partial charge on any atom is 0.164 e. The number of nitrogens with zero attached hydrogens (tertiary/aromatic N) is 6. The van der Waals surface area contributed by atoms with E-state index < -0.39 is 0 Å². The van der Waals surface area contributed by atoms with E-state index in [1.54, 1.807) is 12.4 Å². The molecule has 8 rings (SSSR count). The van der Waals surface area contributed by atoms with Crippen molar-refractivity contribution in [1.29, 1.82) is 0 Å². The Hall–Kier alpha value is -5.88. The van der Waals surface area contributed by atoms with Gasteiger partial charge in [0.2, 0.25) is 0 Å². The summed E-state index contributed by atoms with van der Waals surface area (Å²) in [7, 11) is 0. The minimum atomic E-state index is 0.595. The van der Waals surface area contributed by atoms with Crippen molar-refractivity contribution in [1.82, 2.24) is 29.9 Å². The van der Waals surface area contributed by atoms with E-state index in [4.69, 9.17) is 15.0 Å². The predicted molar refractivity (Wildman–Crippen MR) is 167 cm³/mol. The second-order valence-electron chi connectivity index (χ2n) is 10.1. The summed E-state index contributed by atoms with van der Waals surface area (Å²) in [6.45, 7) is 0. The summed E-state index contributed by atoms with van der Waals surface area (Å²) in [6, 6.07) is 38.8. The van der Waals surface area contributed by atoms with Gasteiger partial charge in [-0.05, 0) is 59.7 Å². The van der Waals surface area contributed by atoms with E-state index in [0.717, 1.165) is 60.5 Å². The van der Waals surface area contributed by atoms with Crippen LogP contribution in [0, 0.1) is 0 Å². The second-order valence-corrected chi connectivity index (χ2v) is 10.1. The summed E-state index contributed by atoms with van der Waals surface area (Å²) in [5, 5.41) is 3.22. The number of hydrogen-bond acceptors (Lipinski definition) is 6. The van der Waals surface area contributed by atoms with Crippen LogP contribution in [0.25, 0.3) is 78.0 Å². The van der Waals surface area contributed by atoms with Crippen LogP contribution in [0.4, 0.5) is 0 Å². The number of pyridine rings is 3. The number of hydrogen-bond donors (Lipinski definition) is 0. The van der Waals surface area contributed by atoms with E-state index in [0.29, 0.717) is 17.5 Å². The van der Waals surface area contributed by atoms with Crippen LogP contribution in [0.2, 0.25) is 0 Å². The van der Waals surface area contributed by atoms with Crippen molar-refractivity contribution >= 4 is 32.7 Å². The molecule has 0 amide bonds. The number of aromatic nitrogens is 6. The molecule has 0 atom stereocenters. The molecule has 4 heterocycles. The van der Waals surface area contributed by atoms with Crippen LogP contribution in [-0.2, 0) is 0 Å². The van der Waals surface area contributed by atoms with Gasteiger partial charge in [-0.2, -0.15) is 0 Å². The minimum absolute atomic E-state index is 0.595. The molecule has 0 aliphatic carbocycles. The van der Waals surface area contributed by atoms with Crippen molar-refractivity contribution in [3.63, 3.8) is 0 Å². The van der Waals surface area contributed by atoms with Gasteiger partial charge in [0.15, 0.2) is 17.5 Å². The molecule has 0 saturated carbocycles. The average Bonchev–Trinajstić information content (AvgIpc) is 3.07. The van der Waals surface area contributed by atoms with E-state index in [2.05, 4.69) is 63.5 Å². The molecule has 4 aromatic carbocycles. The first-order valence-corrected chi connectivity index (χ1v) is 13.7. The molecule has 0 N–H and O–H groups in total. The Labute approximate surface area is 241 Å². The summed E-state index contributed by atoms with van der Waals surface area (Å²) in [5.41, 5.74) is 7.73. The van der Waals surface area contributed by atoms with Crippen LogP contribution in [0.1, 0.15) is 0 Å². The highest BCUT2D eigenvalue weighted by atomic mass is 15.0. The van der Waals surface area contributed by atoms with Crippen molar-refractivity contribution < 1.29 is 0 Å². The lowest BCUT2D eigenvalue weighted by atomic mass is 10.00. The molecule has 6 nitrogen and oxygen atoms in total. The molecule has 42 heavy (non-hydrogen) atoms. The van der Waals surface area contributed by atoms with Gasteiger partial charge in [0, 0.05) is 51.4 Å². The summed E-state index contributed by atoms with van der Waals surface area (Å²) in [6.07, 6.45) is 5.45. The lowest BCUT2D eigenvalue weighted by Gasteiger charge is -2.10. The van der Waals surface area contributed by atoms with Gasteiger partial charge in [-0.3, -0.25) is 15.0 Å². The summed E-state index contributed by atoms with van der Waals surface area (Å²) in [5.74, 6) is 1.80. The first-order chi connectivity index (χ1) is 20.8. The summed E-state index contributed by atoms with van der Waals surface area (Å²) in [4.78, 5) is 28.4. The van der Waals surface area contributed by atoms with Crippen LogP contribution in [0.15, 0.2) is 134 Å². The molecule has 0 fully saturated rings. The van der Waals surface area contributed by atoms with E-state index in [1.165, 1.54) is 0 Å². The molecule has 6 heteroatoms. The predicted octanol–water partition coefficient (Wildman–Crippen LogP) is 8.18. The van der Waals surface area contributed by atoms with Gasteiger partial charge in [0.05, 0.1) is 16.6 Å². The fraction of sp³-hybridized carbons (Fsp3) is 0. The highest BCUT2D eigenvalue weighted by Gasteiger charge is 2.14. The maximum absolute atomic E-state index is 4.95. The molecule has 4 aromatic heterocycles.